The first-order valence-electron chi connectivity index (χ1n) is 11.1. The number of nitrogens with one attached hydrogen (secondary N) is 2. The lowest BCUT2D eigenvalue weighted by Crippen LogP contribution is -3.14. The zero-order valence-corrected chi connectivity index (χ0v) is 20.8. The molecule has 164 valence electrons. The molecule has 1 aliphatic heterocycles. The molecule has 0 spiro atoms. The van der Waals surface area contributed by atoms with E-state index in [2.05, 4.69) is 45.5 Å². The Morgan fingerprint density at radius 3 is 2.74 bits per heavy atom. The van der Waals surface area contributed by atoms with E-state index in [4.69, 9.17) is 14.7 Å². The fraction of sp³-hybridized carbons (Fsp3) is 0.478. The third-order valence-electron chi connectivity index (χ3n) is 6.01. The fourth-order valence-corrected chi connectivity index (χ4v) is 6.64. The van der Waals surface area contributed by atoms with Crippen LogP contribution in [-0.4, -0.2) is 49.4 Å². The molecule has 2 aromatic heterocycles. The van der Waals surface area contributed by atoms with Gasteiger partial charge in [-0.3, -0.25) is 0 Å². The highest BCUT2D eigenvalue weighted by molar-refractivity contribution is 9.10. The summed E-state index contributed by atoms with van der Waals surface area (Å²) in [4.78, 5) is 15.5. The van der Waals surface area contributed by atoms with Gasteiger partial charge in [-0.15, -0.1) is 23.1 Å². The number of morpholine rings is 1. The standard InChI is InChI=1S/C23H27BrN4OS2/c24-16-5-7-17(8-6-16)30-15-20-26-22(25-9-10-28-11-13-29-14-12-28)21-18-3-1-2-4-19(18)31-23(21)27-20/h5-8H,1-4,9-15H2,(H,25,26,27)/p+1. The summed E-state index contributed by atoms with van der Waals surface area (Å²) in [7, 11) is 0. The van der Waals surface area contributed by atoms with E-state index < -0.39 is 0 Å². The average molecular weight is 521 g/mol. The predicted octanol–water partition coefficient (Wildman–Crippen LogP) is 3.95. The van der Waals surface area contributed by atoms with Gasteiger partial charge < -0.3 is 15.0 Å². The van der Waals surface area contributed by atoms with Gasteiger partial charge in [-0.2, -0.15) is 0 Å². The summed E-state index contributed by atoms with van der Waals surface area (Å²) in [6.07, 6.45) is 4.92. The quantitative estimate of drug-likeness (QED) is 0.462. The summed E-state index contributed by atoms with van der Waals surface area (Å²) in [6.45, 7) is 5.99. The molecular weight excluding hydrogens is 492 g/mol. The topological polar surface area (TPSA) is 51.5 Å². The summed E-state index contributed by atoms with van der Waals surface area (Å²) in [6, 6.07) is 8.45. The van der Waals surface area contributed by atoms with Gasteiger partial charge in [-0.1, -0.05) is 15.9 Å². The van der Waals surface area contributed by atoms with Crippen LogP contribution in [0, 0.1) is 0 Å². The van der Waals surface area contributed by atoms with Crippen molar-refractivity contribution < 1.29 is 9.64 Å². The normalized spacial score (nSPS) is 17.1. The molecule has 0 amide bonds. The Morgan fingerprint density at radius 1 is 1.10 bits per heavy atom. The Balaban J connectivity index is 1.37. The first-order chi connectivity index (χ1) is 15.3. The van der Waals surface area contributed by atoms with Crippen molar-refractivity contribution >= 4 is 55.1 Å². The van der Waals surface area contributed by atoms with Crippen molar-refractivity contribution in [2.45, 2.75) is 36.3 Å². The van der Waals surface area contributed by atoms with E-state index in [1.165, 1.54) is 40.0 Å². The molecule has 5 rings (SSSR count). The minimum Gasteiger partial charge on any atom is -0.370 e. The Kier molecular flexibility index (Phi) is 7.10. The lowest BCUT2D eigenvalue weighted by molar-refractivity contribution is -0.906. The number of halogens is 1. The van der Waals surface area contributed by atoms with E-state index in [1.807, 2.05) is 11.3 Å². The third-order valence-corrected chi connectivity index (χ3v) is 8.74. The van der Waals surface area contributed by atoms with Gasteiger partial charge in [0.25, 0.3) is 0 Å². The lowest BCUT2D eigenvalue weighted by atomic mass is 9.97. The van der Waals surface area contributed by atoms with Crippen LogP contribution in [0.25, 0.3) is 10.2 Å². The summed E-state index contributed by atoms with van der Waals surface area (Å²) < 4.78 is 6.60. The highest BCUT2D eigenvalue weighted by Crippen LogP contribution is 2.39. The number of thioether (sulfide) groups is 1. The van der Waals surface area contributed by atoms with E-state index in [-0.39, 0.29) is 0 Å². The minimum absolute atomic E-state index is 0.781. The highest BCUT2D eigenvalue weighted by Gasteiger charge is 2.21. The molecule has 0 atom stereocenters. The molecule has 3 aromatic rings. The van der Waals surface area contributed by atoms with Crippen molar-refractivity contribution in [3.8, 4) is 0 Å². The van der Waals surface area contributed by atoms with Gasteiger partial charge in [-0.05, 0) is 55.5 Å². The maximum atomic E-state index is 5.49. The number of fused-ring (bicyclic) bond motifs is 3. The number of rotatable bonds is 7. The van der Waals surface area contributed by atoms with E-state index in [0.29, 0.717) is 0 Å². The minimum atomic E-state index is 0.781. The van der Waals surface area contributed by atoms with Crippen LogP contribution >= 0.6 is 39.0 Å². The van der Waals surface area contributed by atoms with Gasteiger partial charge in [0.2, 0.25) is 0 Å². The van der Waals surface area contributed by atoms with Crippen LogP contribution in [0.2, 0.25) is 0 Å². The molecule has 1 fully saturated rings. The number of benzene rings is 1. The van der Waals surface area contributed by atoms with Crippen molar-refractivity contribution in [1.82, 2.24) is 9.97 Å². The van der Waals surface area contributed by atoms with Crippen LogP contribution in [-0.2, 0) is 23.3 Å². The number of aryl methyl sites for hydroxylation is 2. The van der Waals surface area contributed by atoms with Crippen LogP contribution in [0.1, 0.15) is 29.1 Å². The van der Waals surface area contributed by atoms with Gasteiger partial charge in [0.05, 0.1) is 37.4 Å². The summed E-state index contributed by atoms with van der Waals surface area (Å²) in [5.74, 6) is 2.74. The molecule has 5 nitrogen and oxygen atoms in total. The molecule has 1 aromatic carbocycles. The largest absolute Gasteiger partial charge is 0.370 e. The van der Waals surface area contributed by atoms with E-state index in [1.54, 1.807) is 16.7 Å². The van der Waals surface area contributed by atoms with Crippen molar-refractivity contribution in [2.24, 2.45) is 0 Å². The Bertz CT molecular complexity index is 1030. The molecule has 3 heterocycles. The number of hydrogen-bond acceptors (Lipinski definition) is 6. The zero-order valence-electron chi connectivity index (χ0n) is 17.6. The molecule has 0 saturated carbocycles. The Morgan fingerprint density at radius 2 is 1.90 bits per heavy atom. The number of anilines is 1. The lowest BCUT2D eigenvalue weighted by Gasteiger charge is -2.24. The van der Waals surface area contributed by atoms with E-state index in [0.717, 1.165) is 72.5 Å². The van der Waals surface area contributed by atoms with Gasteiger partial charge in [-0.25, -0.2) is 9.97 Å². The molecule has 0 radical (unpaired) electrons. The molecule has 31 heavy (non-hydrogen) atoms. The van der Waals surface area contributed by atoms with Crippen LogP contribution in [0.4, 0.5) is 5.82 Å². The Hall–Kier alpha value is -1.19. The second-order valence-corrected chi connectivity index (χ2v) is 11.2. The van der Waals surface area contributed by atoms with Crippen LogP contribution in [0.5, 0.6) is 0 Å². The molecular formula is C23H28BrN4OS2+. The van der Waals surface area contributed by atoms with Crippen molar-refractivity contribution in [3.05, 3.63) is 45.0 Å². The number of thiophene rings is 1. The maximum Gasteiger partial charge on any atom is 0.142 e. The molecule has 1 aliphatic carbocycles. The van der Waals surface area contributed by atoms with Crippen LogP contribution < -0.4 is 10.2 Å². The second-order valence-electron chi connectivity index (χ2n) is 8.16. The van der Waals surface area contributed by atoms with Gasteiger partial charge in [0, 0.05) is 14.2 Å². The number of aromatic nitrogens is 2. The zero-order chi connectivity index (χ0) is 21.0. The van der Waals surface area contributed by atoms with Gasteiger partial charge in [0.15, 0.2) is 0 Å². The van der Waals surface area contributed by atoms with Gasteiger partial charge in [0.1, 0.15) is 29.6 Å². The second kappa shape index (κ2) is 10.2. The fourth-order valence-electron chi connectivity index (χ4n) is 4.34. The van der Waals surface area contributed by atoms with E-state index >= 15 is 0 Å². The van der Waals surface area contributed by atoms with Crippen molar-refractivity contribution in [3.63, 3.8) is 0 Å². The van der Waals surface area contributed by atoms with Crippen molar-refractivity contribution in [1.29, 1.82) is 0 Å². The van der Waals surface area contributed by atoms with Gasteiger partial charge >= 0.3 is 0 Å². The number of ether oxygens (including phenoxy) is 1. The molecule has 0 unspecified atom stereocenters. The smallest absolute Gasteiger partial charge is 0.142 e. The first kappa shape index (κ1) is 21.6. The first-order valence-corrected chi connectivity index (χ1v) is 13.7. The van der Waals surface area contributed by atoms with Crippen LogP contribution in [0.3, 0.4) is 0 Å². The monoisotopic (exact) mass is 519 g/mol. The van der Waals surface area contributed by atoms with E-state index in [9.17, 15) is 0 Å². The summed E-state index contributed by atoms with van der Waals surface area (Å²) in [5.41, 5.74) is 1.50. The highest BCUT2D eigenvalue weighted by atomic mass is 79.9. The third kappa shape index (κ3) is 5.25. The number of hydrogen-bond donors (Lipinski definition) is 2. The molecule has 0 bridgehead atoms. The molecule has 1 saturated heterocycles. The Labute approximate surface area is 200 Å². The molecule has 2 N–H and O–H groups in total. The summed E-state index contributed by atoms with van der Waals surface area (Å²) >= 11 is 7.19. The molecule has 2 aliphatic rings. The maximum absolute atomic E-state index is 5.49. The van der Waals surface area contributed by atoms with Crippen LogP contribution in [0.15, 0.2) is 33.6 Å². The van der Waals surface area contributed by atoms with Crippen molar-refractivity contribution in [2.75, 3.05) is 44.7 Å². The average Bonchev–Trinajstić information content (AvgIpc) is 3.18. The SMILES string of the molecule is Brc1ccc(SCc2nc(NCC[NH+]3CCOCC3)c3c4c(sc3n2)CCCC4)cc1. The number of nitrogens with zero attached hydrogens (tertiary/aromatic N) is 2. The summed E-state index contributed by atoms with van der Waals surface area (Å²) in [5, 5.41) is 4.98. The number of quaternary nitrogens is 1. The molecule has 8 heteroatoms. The predicted molar refractivity (Wildman–Crippen MR) is 133 cm³/mol.